The Kier molecular flexibility index (Phi) is 5.40. The number of carboxylic acids is 1. The van der Waals surface area contributed by atoms with Gasteiger partial charge in [-0.05, 0) is 6.07 Å². The van der Waals surface area contributed by atoms with Gasteiger partial charge in [0.05, 0.1) is 11.7 Å². The Morgan fingerprint density at radius 3 is 2.63 bits per heavy atom. The van der Waals surface area contributed by atoms with Gasteiger partial charge in [-0.15, -0.1) is 0 Å². The number of halogens is 1. The Hall–Kier alpha value is -1.51. The Bertz CT molecular complexity index is 496. The average molecular weight is 289 g/mol. The van der Waals surface area contributed by atoms with Crippen LogP contribution in [0.15, 0.2) is 12.3 Å². The van der Waals surface area contributed by atoms with Gasteiger partial charge >= 0.3 is 5.97 Å². The normalized spacial score (nSPS) is 13.9. The molecule has 0 fully saturated rings. The number of hydrogen-bond donors (Lipinski definition) is 3. The zero-order valence-electron chi connectivity index (χ0n) is 9.91. The molecule has 0 saturated carbocycles. The minimum absolute atomic E-state index is 0.144. The summed E-state index contributed by atoms with van der Waals surface area (Å²) in [7, 11) is 0. The molecule has 0 saturated heterocycles. The van der Waals surface area contributed by atoms with E-state index in [0.717, 1.165) is 24.0 Å². The van der Waals surface area contributed by atoms with Crippen LogP contribution in [-0.2, 0) is 4.79 Å². The summed E-state index contributed by atoms with van der Waals surface area (Å²) in [4.78, 5) is 25.0. The van der Waals surface area contributed by atoms with E-state index in [-0.39, 0.29) is 10.9 Å². The summed E-state index contributed by atoms with van der Waals surface area (Å²) in [6, 6.07) is 0.949. The van der Waals surface area contributed by atoms with Crippen LogP contribution < -0.4 is 0 Å². The first-order chi connectivity index (χ1) is 8.84. The molecular weight excluding hydrogens is 277 g/mol. The van der Waals surface area contributed by atoms with E-state index in [0.29, 0.717) is 0 Å². The van der Waals surface area contributed by atoms with Gasteiger partial charge in [0.25, 0.3) is 0 Å². The molecule has 0 aromatic carbocycles. The number of aliphatic hydroxyl groups is 2. The van der Waals surface area contributed by atoms with Crippen molar-refractivity contribution >= 4 is 22.8 Å². The summed E-state index contributed by atoms with van der Waals surface area (Å²) < 4.78 is 13.7. The topological polar surface area (TPSA) is 108 Å². The van der Waals surface area contributed by atoms with Crippen molar-refractivity contribution in [1.82, 2.24) is 4.98 Å². The number of hydrogen-bond acceptors (Lipinski definition) is 6. The molecule has 0 aliphatic rings. The first-order valence-electron chi connectivity index (χ1n) is 5.21. The standard InChI is InChI=1S/C11H12FNO5S/c1-5(14)19-4-7(15)10(16)9-8(12)6(11(17)18)2-3-13-9/h2-3,7,10,15-16H,4H2,1H3,(H,17,18). The maximum Gasteiger partial charge on any atom is 0.338 e. The molecule has 0 bridgehead atoms. The molecule has 2 atom stereocenters. The fourth-order valence-electron chi connectivity index (χ4n) is 1.31. The Balaban J connectivity index is 2.93. The predicted molar refractivity (Wildman–Crippen MR) is 65.3 cm³/mol. The molecule has 0 aliphatic heterocycles. The molecule has 104 valence electrons. The summed E-state index contributed by atoms with van der Waals surface area (Å²) in [6.07, 6.45) is -2.11. The number of carbonyl (C=O) groups is 2. The highest BCUT2D eigenvalue weighted by atomic mass is 32.2. The molecule has 1 heterocycles. The van der Waals surface area contributed by atoms with Crippen LogP contribution in [0.25, 0.3) is 0 Å². The minimum Gasteiger partial charge on any atom is -0.478 e. The van der Waals surface area contributed by atoms with E-state index in [1.54, 1.807) is 0 Å². The fourth-order valence-corrected chi connectivity index (χ4v) is 1.90. The molecule has 1 rings (SSSR count). The summed E-state index contributed by atoms with van der Waals surface area (Å²) >= 11 is 0.763. The average Bonchev–Trinajstić information content (AvgIpc) is 2.34. The molecule has 2 unspecified atom stereocenters. The summed E-state index contributed by atoms with van der Waals surface area (Å²) in [5, 5.41) is 27.8. The van der Waals surface area contributed by atoms with E-state index < -0.39 is 35.3 Å². The van der Waals surface area contributed by atoms with Gasteiger partial charge in [0, 0.05) is 18.9 Å². The van der Waals surface area contributed by atoms with Gasteiger partial charge < -0.3 is 15.3 Å². The number of carbonyl (C=O) groups excluding carboxylic acids is 1. The Morgan fingerprint density at radius 1 is 1.47 bits per heavy atom. The van der Waals surface area contributed by atoms with Crippen LogP contribution in [0.2, 0.25) is 0 Å². The maximum atomic E-state index is 13.7. The Labute approximate surface area is 112 Å². The molecule has 1 aromatic heterocycles. The lowest BCUT2D eigenvalue weighted by molar-refractivity contribution is -0.109. The summed E-state index contributed by atoms with van der Waals surface area (Å²) in [5.74, 6) is -2.84. The zero-order valence-corrected chi connectivity index (χ0v) is 10.7. The van der Waals surface area contributed by atoms with Crippen molar-refractivity contribution in [3.8, 4) is 0 Å². The fraction of sp³-hybridized carbons (Fsp3) is 0.364. The second kappa shape index (κ2) is 6.60. The van der Waals surface area contributed by atoms with Crippen molar-refractivity contribution in [1.29, 1.82) is 0 Å². The quantitative estimate of drug-likeness (QED) is 0.728. The van der Waals surface area contributed by atoms with Crippen molar-refractivity contribution in [3.63, 3.8) is 0 Å². The van der Waals surface area contributed by atoms with Crippen molar-refractivity contribution in [2.45, 2.75) is 19.1 Å². The van der Waals surface area contributed by atoms with Crippen LogP contribution in [0.3, 0.4) is 0 Å². The summed E-state index contributed by atoms with van der Waals surface area (Å²) in [5.41, 5.74) is -1.20. The molecule has 3 N–H and O–H groups in total. The van der Waals surface area contributed by atoms with Crippen molar-refractivity contribution in [2.24, 2.45) is 0 Å². The second-order valence-corrected chi connectivity index (χ2v) is 4.87. The third kappa shape index (κ3) is 3.98. The molecule has 6 nitrogen and oxygen atoms in total. The first-order valence-corrected chi connectivity index (χ1v) is 6.20. The van der Waals surface area contributed by atoms with Crippen LogP contribution in [0.1, 0.15) is 29.1 Å². The van der Waals surface area contributed by atoms with Crippen molar-refractivity contribution in [2.75, 3.05) is 5.75 Å². The molecule has 0 amide bonds. The lowest BCUT2D eigenvalue weighted by Crippen LogP contribution is -2.24. The highest BCUT2D eigenvalue weighted by Crippen LogP contribution is 2.22. The molecular formula is C11H12FNO5S. The van der Waals surface area contributed by atoms with Crippen LogP contribution in [0, 0.1) is 5.82 Å². The van der Waals surface area contributed by atoms with Crippen molar-refractivity contribution in [3.05, 3.63) is 29.3 Å². The SMILES string of the molecule is CC(=O)SCC(O)C(O)c1nccc(C(=O)O)c1F. The predicted octanol–water partition coefficient (Wildman–Crippen LogP) is 0.593. The molecule has 8 heteroatoms. The van der Waals surface area contributed by atoms with Crippen LogP contribution in [0.4, 0.5) is 4.39 Å². The molecule has 19 heavy (non-hydrogen) atoms. The lowest BCUT2D eigenvalue weighted by atomic mass is 10.1. The van der Waals surface area contributed by atoms with Gasteiger partial charge in [-0.25, -0.2) is 9.18 Å². The molecule has 0 spiro atoms. The van der Waals surface area contributed by atoms with E-state index in [4.69, 9.17) is 5.11 Å². The van der Waals surface area contributed by atoms with E-state index in [1.165, 1.54) is 6.92 Å². The van der Waals surface area contributed by atoms with Gasteiger partial charge in [0.15, 0.2) is 10.9 Å². The van der Waals surface area contributed by atoms with Gasteiger partial charge in [-0.1, -0.05) is 11.8 Å². The molecule has 0 aliphatic carbocycles. The number of aliphatic hydroxyl groups excluding tert-OH is 2. The number of thioether (sulfide) groups is 1. The Morgan fingerprint density at radius 2 is 2.11 bits per heavy atom. The van der Waals surface area contributed by atoms with Gasteiger partial charge in [0.2, 0.25) is 0 Å². The number of pyridine rings is 1. The smallest absolute Gasteiger partial charge is 0.338 e. The number of aromatic carboxylic acids is 1. The lowest BCUT2D eigenvalue weighted by Gasteiger charge is -2.17. The minimum atomic E-state index is -1.70. The molecule has 1 aromatic rings. The van der Waals surface area contributed by atoms with Gasteiger partial charge in [0.1, 0.15) is 11.8 Å². The zero-order chi connectivity index (χ0) is 14.6. The number of aromatic nitrogens is 1. The van der Waals surface area contributed by atoms with Gasteiger partial charge in [-0.3, -0.25) is 9.78 Å². The van der Waals surface area contributed by atoms with Crippen molar-refractivity contribution < 1.29 is 29.3 Å². The number of carboxylic acid groups (broad SMARTS) is 1. The highest BCUT2D eigenvalue weighted by Gasteiger charge is 2.26. The first kappa shape index (κ1) is 15.5. The second-order valence-electron chi connectivity index (χ2n) is 3.68. The van der Waals surface area contributed by atoms with Crippen LogP contribution in [0.5, 0.6) is 0 Å². The van der Waals surface area contributed by atoms with E-state index in [9.17, 15) is 24.2 Å². The van der Waals surface area contributed by atoms with Crippen LogP contribution >= 0.6 is 11.8 Å². The van der Waals surface area contributed by atoms with E-state index in [1.807, 2.05) is 0 Å². The van der Waals surface area contributed by atoms with E-state index >= 15 is 0 Å². The third-order valence-electron chi connectivity index (χ3n) is 2.25. The van der Waals surface area contributed by atoms with Crippen LogP contribution in [-0.4, -0.2) is 43.2 Å². The summed E-state index contributed by atoms with van der Waals surface area (Å²) in [6.45, 7) is 1.29. The van der Waals surface area contributed by atoms with E-state index in [2.05, 4.69) is 4.98 Å². The number of nitrogens with zero attached hydrogens (tertiary/aromatic N) is 1. The third-order valence-corrected chi connectivity index (χ3v) is 3.16. The number of rotatable bonds is 5. The molecule has 0 radical (unpaired) electrons. The maximum absolute atomic E-state index is 13.7. The highest BCUT2D eigenvalue weighted by molar-refractivity contribution is 8.13. The van der Waals surface area contributed by atoms with Gasteiger partial charge in [-0.2, -0.15) is 0 Å². The largest absolute Gasteiger partial charge is 0.478 e. The monoisotopic (exact) mass is 289 g/mol.